The number of aromatic nitrogens is 3. The van der Waals surface area contributed by atoms with Gasteiger partial charge in [0.15, 0.2) is 5.76 Å². The number of nitrogens with zero attached hydrogens (tertiary/aromatic N) is 4. The lowest BCUT2D eigenvalue weighted by molar-refractivity contribution is -0.141. The summed E-state index contributed by atoms with van der Waals surface area (Å²) in [6.07, 6.45) is 6.62. The molecule has 32 heavy (non-hydrogen) atoms. The summed E-state index contributed by atoms with van der Waals surface area (Å²) in [7, 11) is 1.60. The third-order valence-corrected chi connectivity index (χ3v) is 5.45. The predicted molar refractivity (Wildman–Crippen MR) is 118 cm³/mol. The molecule has 1 aliphatic rings. The number of amides is 1. The van der Waals surface area contributed by atoms with Crippen molar-refractivity contribution in [2.45, 2.75) is 32.9 Å². The fourth-order valence-corrected chi connectivity index (χ4v) is 3.75. The predicted octanol–water partition coefficient (Wildman–Crippen LogP) is 4.07. The Bertz CT molecular complexity index is 1160. The van der Waals surface area contributed by atoms with Gasteiger partial charge in [-0.1, -0.05) is 12.1 Å². The van der Waals surface area contributed by atoms with Crippen LogP contribution < -0.4 is 4.74 Å². The number of methoxy groups -OCH3 is 1. The van der Waals surface area contributed by atoms with Crippen LogP contribution in [0, 0.1) is 12.9 Å². The first-order valence-electron chi connectivity index (χ1n) is 10.4. The smallest absolute Gasteiger partial charge is 0.289 e. The quantitative estimate of drug-likeness (QED) is 0.445. The van der Waals surface area contributed by atoms with E-state index in [1.165, 1.54) is 12.3 Å². The molecule has 3 heterocycles. The van der Waals surface area contributed by atoms with Crippen LogP contribution >= 0.6 is 0 Å². The first-order valence-corrected chi connectivity index (χ1v) is 10.4. The zero-order chi connectivity index (χ0) is 22.8. The average Bonchev–Trinajstić information content (AvgIpc) is 3.22. The van der Waals surface area contributed by atoms with Crippen molar-refractivity contribution in [3.8, 4) is 11.4 Å². The molecule has 1 aromatic carbocycles. The Morgan fingerprint density at radius 1 is 1.28 bits per heavy atom. The second-order valence-corrected chi connectivity index (χ2v) is 7.84. The number of rotatable bonds is 5. The second kappa shape index (κ2) is 8.82. The molecule has 1 amide bonds. The Hall–Kier alpha value is -3.68. The molecule has 8 heteroatoms. The summed E-state index contributed by atoms with van der Waals surface area (Å²) in [5, 5.41) is 0. The van der Waals surface area contributed by atoms with Gasteiger partial charge in [-0.05, 0) is 56.2 Å². The van der Waals surface area contributed by atoms with Crippen molar-refractivity contribution in [1.82, 2.24) is 19.4 Å². The number of carbonyl (C=O) groups excluding carboxylic acids is 1. The summed E-state index contributed by atoms with van der Waals surface area (Å²) < 4.78 is 26.5. The van der Waals surface area contributed by atoms with Gasteiger partial charge < -0.3 is 18.9 Å². The highest BCUT2D eigenvalue weighted by atomic mass is 19.1. The summed E-state index contributed by atoms with van der Waals surface area (Å²) >= 11 is 0. The number of halogens is 1. The third-order valence-electron chi connectivity index (χ3n) is 5.45. The molecule has 0 saturated carbocycles. The maximum atomic E-state index is 13.2. The van der Waals surface area contributed by atoms with Crippen LogP contribution in [0.25, 0.3) is 11.8 Å². The normalized spacial score (nSPS) is 18.5. The van der Waals surface area contributed by atoms with Crippen LogP contribution in [-0.4, -0.2) is 45.1 Å². The molecular formula is C24H25FN4O3. The highest BCUT2D eigenvalue weighted by Gasteiger charge is 2.33. The molecule has 1 aliphatic heterocycles. The summed E-state index contributed by atoms with van der Waals surface area (Å²) in [5.74, 6) is 0.120. The van der Waals surface area contributed by atoms with E-state index in [1.807, 2.05) is 49.7 Å². The third kappa shape index (κ3) is 4.34. The van der Waals surface area contributed by atoms with Crippen molar-refractivity contribution < 1.29 is 18.7 Å². The molecule has 0 radical (unpaired) electrons. The summed E-state index contributed by atoms with van der Waals surface area (Å²) in [5.41, 5.74) is 3.28. The first-order chi connectivity index (χ1) is 15.4. The average molecular weight is 436 g/mol. The SMILES string of the molecule is COc1cc(C=C2O[C@@H](C)CN([C@@H](C)c3ccc(F)nc3)C2=O)ccc1-n1cnc(C)c1. The number of pyridine rings is 1. The van der Waals surface area contributed by atoms with E-state index in [-0.39, 0.29) is 23.8 Å². The van der Waals surface area contributed by atoms with Gasteiger partial charge in [0.25, 0.3) is 5.91 Å². The van der Waals surface area contributed by atoms with Crippen molar-refractivity contribution in [3.05, 3.63) is 77.6 Å². The lowest BCUT2D eigenvalue weighted by Gasteiger charge is -2.37. The first kappa shape index (κ1) is 21.5. The molecule has 0 unspecified atom stereocenters. The van der Waals surface area contributed by atoms with Gasteiger partial charge in [-0.25, -0.2) is 9.97 Å². The fraction of sp³-hybridized carbons (Fsp3) is 0.292. The van der Waals surface area contributed by atoms with E-state index in [2.05, 4.69) is 9.97 Å². The van der Waals surface area contributed by atoms with Gasteiger partial charge in [0.2, 0.25) is 5.95 Å². The van der Waals surface area contributed by atoms with Gasteiger partial charge in [0.1, 0.15) is 11.9 Å². The van der Waals surface area contributed by atoms with Crippen LogP contribution in [0.3, 0.4) is 0 Å². The van der Waals surface area contributed by atoms with E-state index in [0.29, 0.717) is 12.3 Å². The van der Waals surface area contributed by atoms with Gasteiger partial charge in [0, 0.05) is 12.4 Å². The zero-order valence-electron chi connectivity index (χ0n) is 18.4. The van der Waals surface area contributed by atoms with E-state index in [4.69, 9.17) is 9.47 Å². The maximum Gasteiger partial charge on any atom is 0.289 e. The van der Waals surface area contributed by atoms with E-state index in [1.54, 1.807) is 30.5 Å². The van der Waals surface area contributed by atoms with Crippen LogP contribution in [0.2, 0.25) is 0 Å². The molecule has 0 N–H and O–H groups in total. The topological polar surface area (TPSA) is 69.5 Å². The standard InChI is InChI=1S/C24H25FN4O3/c1-15-12-28(14-27-15)20-7-5-18(9-21(20)31-4)10-22-24(30)29(13-16(2)32-22)17(3)19-6-8-23(25)26-11-19/h5-12,14,16-17H,13H2,1-4H3/t16-,17-/m0/s1. The molecule has 0 bridgehead atoms. The number of carbonyl (C=O) groups is 1. The van der Waals surface area contributed by atoms with Crippen molar-refractivity contribution in [2.75, 3.05) is 13.7 Å². The molecule has 1 fully saturated rings. The number of hydrogen-bond acceptors (Lipinski definition) is 5. The fourth-order valence-electron chi connectivity index (χ4n) is 3.75. The van der Waals surface area contributed by atoms with Crippen LogP contribution in [0.5, 0.6) is 5.75 Å². The number of ether oxygens (including phenoxy) is 2. The van der Waals surface area contributed by atoms with Crippen LogP contribution in [-0.2, 0) is 9.53 Å². The van der Waals surface area contributed by atoms with E-state index in [9.17, 15) is 9.18 Å². The van der Waals surface area contributed by atoms with Gasteiger partial charge >= 0.3 is 0 Å². The summed E-state index contributed by atoms with van der Waals surface area (Å²) in [4.78, 5) is 22.9. The highest BCUT2D eigenvalue weighted by molar-refractivity contribution is 5.96. The maximum absolute atomic E-state index is 13.2. The Morgan fingerprint density at radius 3 is 2.75 bits per heavy atom. The number of aryl methyl sites for hydroxylation is 1. The molecule has 4 rings (SSSR count). The molecule has 2 aromatic heterocycles. The molecule has 3 aromatic rings. The van der Waals surface area contributed by atoms with Gasteiger partial charge in [-0.15, -0.1) is 0 Å². The van der Waals surface area contributed by atoms with Gasteiger partial charge in [-0.3, -0.25) is 4.79 Å². The van der Waals surface area contributed by atoms with Crippen LogP contribution in [0.15, 0.2) is 54.8 Å². The second-order valence-electron chi connectivity index (χ2n) is 7.84. The molecule has 1 saturated heterocycles. The number of hydrogen-bond donors (Lipinski definition) is 0. The molecule has 166 valence electrons. The van der Waals surface area contributed by atoms with Crippen molar-refractivity contribution in [3.63, 3.8) is 0 Å². The van der Waals surface area contributed by atoms with E-state index in [0.717, 1.165) is 22.5 Å². The summed E-state index contributed by atoms with van der Waals surface area (Å²) in [6.45, 7) is 6.15. The Morgan fingerprint density at radius 2 is 2.09 bits per heavy atom. The number of morpholine rings is 1. The molecule has 2 atom stereocenters. The molecular weight excluding hydrogens is 411 g/mol. The largest absolute Gasteiger partial charge is 0.495 e. The minimum Gasteiger partial charge on any atom is -0.495 e. The molecule has 0 aliphatic carbocycles. The minimum absolute atomic E-state index is 0.190. The van der Waals surface area contributed by atoms with Crippen molar-refractivity contribution >= 4 is 12.0 Å². The van der Waals surface area contributed by atoms with Gasteiger partial charge in [0.05, 0.1) is 37.4 Å². The summed E-state index contributed by atoms with van der Waals surface area (Å²) in [6, 6.07) is 8.33. The Labute approximate surface area is 186 Å². The Kier molecular flexibility index (Phi) is 5.94. The van der Waals surface area contributed by atoms with Gasteiger partial charge in [-0.2, -0.15) is 4.39 Å². The monoisotopic (exact) mass is 436 g/mol. The van der Waals surface area contributed by atoms with Crippen molar-refractivity contribution in [2.24, 2.45) is 0 Å². The lowest BCUT2D eigenvalue weighted by Crippen LogP contribution is -2.45. The highest BCUT2D eigenvalue weighted by Crippen LogP contribution is 2.30. The van der Waals surface area contributed by atoms with E-state index < -0.39 is 5.95 Å². The Balaban J connectivity index is 1.62. The zero-order valence-corrected chi connectivity index (χ0v) is 18.4. The number of imidazole rings is 1. The van der Waals surface area contributed by atoms with Crippen LogP contribution in [0.4, 0.5) is 4.39 Å². The van der Waals surface area contributed by atoms with Crippen molar-refractivity contribution in [1.29, 1.82) is 0 Å². The van der Waals surface area contributed by atoms with Crippen LogP contribution in [0.1, 0.15) is 36.7 Å². The lowest BCUT2D eigenvalue weighted by atomic mass is 10.1. The molecule has 7 nitrogen and oxygen atoms in total. The number of benzene rings is 1. The minimum atomic E-state index is -0.550. The van der Waals surface area contributed by atoms with E-state index >= 15 is 0 Å². The molecule has 0 spiro atoms.